The van der Waals surface area contributed by atoms with Gasteiger partial charge in [-0.25, -0.2) is 0 Å². The minimum Gasteiger partial charge on any atom is -0.455 e. The van der Waals surface area contributed by atoms with E-state index in [9.17, 15) is 14.4 Å². The minimum atomic E-state index is -0.472. The quantitative estimate of drug-likeness (QED) is 0.512. The van der Waals surface area contributed by atoms with Crippen LogP contribution >= 0.6 is 0 Å². The van der Waals surface area contributed by atoms with E-state index in [0.717, 1.165) is 5.56 Å². The molecular formula is C26H22N2O4. The van der Waals surface area contributed by atoms with Crippen LogP contribution in [0.25, 0.3) is 22.3 Å². The van der Waals surface area contributed by atoms with Crippen molar-refractivity contribution in [2.75, 3.05) is 19.4 Å². The third-order valence-corrected chi connectivity index (χ3v) is 5.24. The minimum absolute atomic E-state index is 0.192. The molecule has 6 heteroatoms. The molecule has 0 aliphatic heterocycles. The molecule has 0 aliphatic rings. The van der Waals surface area contributed by atoms with Gasteiger partial charge >= 0.3 is 0 Å². The first kappa shape index (κ1) is 21.1. The number of benzene rings is 3. The van der Waals surface area contributed by atoms with E-state index in [2.05, 4.69) is 5.32 Å². The first-order chi connectivity index (χ1) is 15.4. The van der Waals surface area contributed by atoms with Crippen LogP contribution in [0.1, 0.15) is 26.3 Å². The molecule has 0 unspecified atom stereocenters. The van der Waals surface area contributed by atoms with Crippen LogP contribution in [0.15, 0.2) is 82.0 Å². The van der Waals surface area contributed by atoms with Crippen molar-refractivity contribution >= 4 is 28.5 Å². The van der Waals surface area contributed by atoms with E-state index in [1.54, 1.807) is 63.5 Å². The molecule has 2 amide bonds. The molecule has 4 rings (SSSR count). The zero-order valence-corrected chi connectivity index (χ0v) is 18.0. The van der Waals surface area contributed by atoms with Crippen LogP contribution in [-0.2, 0) is 0 Å². The van der Waals surface area contributed by atoms with Crippen molar-refractivity contribution in [3.63, 3.8) is 0 Å². The molecule has 0 atom stereocenters. The number of para-hydroxylation sites is 2. The molecule has 0 bridgehead atoms. The fourth-order valence-electron chi connectivity index (χ4n) is 3.56. The summed E-state index contributed by atoms with van der Waals surface area (Å²) >= 11 is 0. The Balaban J connectivity index is 1.83. The Bertz CT molecular complexity index is 1390. The van der Waals surface area contributed by atoms with E-state index in [1.807, 2.05) is 30.3 Å². The number of anilines is 1. The van der Waals surface area contributed by atoms with Gasteiger partial charge in [0.25, 0.3) is 11.8 Å². The van der Waals surface area contributed by atoms with Gasteiger partial charge in [0.2, 0.25) is 0 Å². The molecule has 1 heterocycles. The summed E-state index contributed by atoms with van der Waals surface area (Å²) in [5.41, 5.74) is 2.20. The fourth-order valence-corrected chi connectivity index (χ4v) is 3.56. The molecule has 1 N–H and O–H groups in total. The molecule has 0 radical (unpaired) electrons. The van der Waals surface area contributed by atoms with Gasteiger partial charge in [-0.1, -0.05) is 48.5 Å². The van der Waals surface area contributed by atoms with Gasteiger partial charge in [-0.15, -0.1) is 0 Å². The van der Waals surface area contributed by atoms with E-state index in [-0.39, 0.29) is 22.5 Å². The first-order valence-electron chi connectivity index (χ1n) is 10.1. The van der Waals surface area contributed by atoms with Crippen molar-refractivity contribution < 1.29 is 14.0 Å². The maximum Gasteiger partial charge on any atom is 0.259 e. The van der Waals surface area contributed by atoms with Gasteiger partial charge in [-0.05, 0) is 31.2 Å². The molecule has 1 aromatic heterocycles. The highest BCUT2D eigenvalue weighted by molar-refractivity contribution is 6.13. The van der Waals surface area contributed by atoms with Gasteiger partial charge in [-0.3, -0.25) is 14.4 Å². The van der Waals surface area contributed by atoms with Crippen LogP contribution in [0.5, 0.6) is 0 Å². The predicted molar refractivity (Wildman–Crippen MR) is 125 cm³/mol. The van der Waals surface area contributed by atoms with Gasteiger partial charge in [-0.2, -0.15) is 0 Å². The van der Waals surface area contributed by atoms with Crippen LogP contribution in [0.3, 0.4) is 0 Å². The number of nitrogens with one attached hydrogen (secondary N) is 1. The molecule has 0 fully saturated rings. The average Bonchev–Trinajstić information content (AvgIpc) is 2.81. The Labute approximate surface area is 185 Å². The van der Waals surface area contributed by atoms with Crippen molar-refractivity contribution in [2.45, 2.75) is 6.92 Å². The van der Waals surface area contributed by atoms with Crippen molar-refractivity contribution in [3.05, 3.63) is 99.7 Å². The molecule has 0 saturated carbocycles. The summed E-state index contributed by atoms with van der Waals surface area (Å²) in [6.45, 7) is 1.71. The topological polar surface area (TPSA) is 79.6 Å². The number of carbonyl (C=O) groups is 2. The Kier molecular flexibility index (Phi) is 5.60. The summed E-state index contributed by atoms with van der Waals surface area (Å²) in [7, 11) is 3.29. The number of nitrogens with zero attached hydrogens (tertiary/aromatic N) is 1. The first-order valence-corrected chi connectivity index (χ1v) is 10.1. The zero-order valence-electron chi connectivity index (χ0n) is 18.0. The van der Waals surface area contributed by atoms with Crippen LogP contribution in [0.4, 0.5) is 5.69 Å². The van der Waals surface area contributed by atoms with Crippen molar-refractivity contribution in [1.82, 2.24) is 4.90 Å². The van der Waals surface area contributed by atoms with Crippen LogP contribution in [0.2, 0.25) is 0 Å². The molecule has 160 valence electrons. The molecule has 4 aromatic rings. The van der Waals surface area contributed by atoms with Crippen LogP contribution in [0, 0.1) is 6.92 Å². The summed E-state index contributed by atoms with van der Waals surface area (Å²) in [4.78, 5) is 40.2. The number of carbonyl (C=O) groups excluding carboxylic acids is 2. The predicted octanol–water partition coefficient (Wildman–Crippen LogP) is 4.72. The Hall–Kier alpha value is -4.19. The van der Waals surface area contributed by atoms with E-state index in [0.29, 0.717) is 28.0 Å². The van der Waals surface area contributed by atoms with E-state index < -0.39 is 5.91 Å². The van der Waals surface area contributed by atoms with Crippen molar-refractivity contribution in [3.8, 4) is 11.3 Å². The largest absolute Gasteiger partial charge is 0.455 e. The molecule has 0 spiro atoms. The summed E-state index contributed by atoms with van der Waals surface area (Å²) in [5, 5.41) is 3.13. The van der Waals surface area contributed by atoms with Gasteiger partial charge < -0.3 is 14.6 Å². The third kappa shape index (κ3) is 3.78. The SMILES string of the molecule is Cc1c(-c2ccccc2)oc2c(C(=O)Nc3ccccc3C(=O)N(C)C)cccc2c1=O. The van der Waals surface area contributed by atoms with Gasteiger partial charge in [0.1, 0.15) is 5.76 Å². The standard InChI is InChI=1S/C26H22N2O4/c1-16-22(29)19-13-9-14-20(24(19)32-23(16)17-10-5-4-6-11-17)25(30)27-21-15-8-7-12-18(21)26(31)28(2)3/h4-15H,1-3H3,(H,27,30). The highest BCUT2D eigenvalue weighted by atomic mass is 16.3. The highest BCUT2D eigenvalue weighted by Gasteiger charge is 2.20. The van der Waals surface area contributed by atoms with Gasteiger partial charge in [0.15, 0.2) is 11.0 Å². The Morgan fingerprint density at radius 1 is 0.844 bits per heavy atom. The lowest BCUT2D eigenvalue weighted by atomic mass is 10.0. The molecule has 0 aliphatic carbocycles. The smallest absolute Gasteiger partial charge is 0.259 e. The lowest BCUT2D eigenvalue weighted by molar-refractivity contribution is 0.0828. The van der Waals surface area contributed by atoms with E-state index in [1.165, 1.54) is 4.90 Å². The number of hydrogen-bond acceptors (Lipinski definition) is 4. The van der Waals surface area contributed by atoms with Gasteiger partial charge in [0.05, 0.1) is 22.2 Å². The monoisotopic (exact) mass is 426 g/mol. The second-order valence-electron chi connectivity index (χ2n) is 7.63. The molecular weight excluding hydrogens is 404 g/mol. The summed E-state index contributed by atoms with van der Waals surface area (Å²) in [6.07, 6.45) is 0. The third-order valence-electron chi connectivity index (χ3n) is 5.24. The van der Waals surface area contributed by atoms with E-state index in [4.69, 9.17) is 4.42 Å². The van der Waals surface area contributed by atoms with Crippen LogP contribution < -0.4 is 10.7 Å². The lowest BCUT2D eigenvalue weighted by Crippen LogP contribution is -2.24. The maximum absolute atomic E-state index is 13.2. The van der Waals surface area contributed by atoms with Crippen molar-refractivity contribution in [2.24, 2.45) is 0 Å². The Morgan fingerprint density at radius 2 is 1.50 bits per heavy atom. The van der Waals surface area contributed by atoms with Crippen molar-refractivity contribution in [1.29, 1.82) is 0 Å². The Morgan fingerprint density at radius 3 is 2.22 bits per heavy atom. The number of amides is 2. The molecule has 0 saturated heterocycles. The number of fused-ring (bicyclic) bond motifs is 1. The van der Waals surface area contributed by atoms with Crippen LogP contribution in [-0.4, -0.2) is 30.8 Å². The zero-order chi connectivity index (χ0) is 22.8. The lowest BCUT2D eigenvalue weighted by Gasteiger charge is -2.15. The van der Waals surface area contributed by atoms with Gasteiger partial charge in [0, 0.05) is 25.2 Å². The average molecular weight is 426 g/mol. The second-order valence-corrected chi connectivity index (χ2v) is 7.63. The summed E-state index contributed by atoms with van der Waals surface area (Å²) in [5.74, 6) is -0.278. The number of hydrogen-bond donors (Lipinski definition) is 1. The molecule has 32 heavy (non-hydrogen) atoms. The van der Waals surface area contributed by atoms with E-state index >= 15 is 0 Å². The number of rotatable bonds is 4. The highest BCUT2D eigenvalue weighted by Crippen LogP contribution is 2.28. The summed E-state index contributed by atoms with van der Waals surface area (Å²) in [6, 6.07) is 21.0. The normalized spacial score (nSPS) is 10.7. The molecule has 3 aromatic carbocycles. The summed E-state index contributed by atoms with van der Waals surface area (Å²) < 4.78 is 6.13. The second kappa shape index (κ2) is 8.51. The maximum atomic E-state index is 13.2. The fraction of sp³-hybridized carbons (Fsp3) is 0.115. The molecule has 6 nitrogen and oxygen atoms in total.